The van der Waals surface area contributed by atoms with Gasteiger partial charge in [-0.3, -0.25) is 4.79 Å². The highest BCUT2D eigenvalue weighted by Crippen LogP contribution is 2.36. The molecule has 1 unspecified atom stereocenters. The smallest absolute Gasteiger partial charge is 0.341 e. The lowest BCUT2D eigenvalue weighted by atomic mass is 10.0. The van der Waals surface area contributed by atoms with Crippen LogP contribution in [-0.2, 0) is 6.18 Å². The molecule has 1 aliphatic heterocycles. The summed E-state index contributed by atoms with van der Waals surface area (Å²) in [6.45, 7) is 3.69. The molecule has 1 N–H and O–H groups in total. The van der Waals surface area contributed by atoms with Crippen molar-refractivity contribution in [1.29, 1.82) is 0 Å². The minimum Gasteiger partial charge on any atom is -0.341 e. The molecule has 1 aliphatic rings. The molecule has 3 rings (SSSR count). The number of hydrogen-bond acceptors (Lipinski definition) is 4. The number of anilines is 2. The summed E-state index contributed by atoms with van der Waals surface area (Å²) in [6, 6.07) is 4.55. The molecule has 2 aromatic rings. The fourth-order valence-corrected chi connectivity index (χ4v) is 3.22. The summed E-state index contributed by atoms with van der Waals surface area (Å²) in [6.07, 6.45) is -1.09. The van der Waals surface area contributed by atoms with Crippen LogP contribution in [0.5, 0.6) is 0 Å². The largest absolute Gasteiger partial charge is 0.418 e. The lowest BCUT2D eigenvalue weighted by Gasteiger charge is -2.30. The fraction of sp³-hybridized carbons (Fsp3) is 0.389. The summed E-state index contributed by atoms with van der Waals surface area (Å²) < 4.78 is 39.5. The van der Waals surface area contributed by atoms with E-state index >= 15 is 0 Å². The van der Waals surface area contributed by atoms with Gasteiger partial charge in [0.05, 0.1) is 11.3 Å². The van der Waals surface area contributed by atoms with Crippen LogP contribution in [0, 0.1) is 5.92 Å². The maximum atomic E-state index is 13.2. The monoisotopic (exact) mass is 398 g/mol. The van der Waals surface area contributed by atoms with E-state index in [-0.39, 0.29) is 16.4 Å². The van der Waals surface area contributed by atoms with Crippen molar-refractivity contribution in [2.75, 3.05) is 23.3 Å². The lowest BCUT2D eigenvalue weighted by Crippen LogP contribution is -2.35. The van der Waals surface area contributed by atoms with Crippen LogP contribution in [0.3, 0.4) is 0 Å². The normalized spacial score (nSPS) is 17.7. The van der Waals surface area contributed by atoms with Gasteiger partial charge in [0.25, 0.3) is 5.91 Å². The van der Waals surface area contributed by atoms with E-state index in [2.05, 4.69) is 22.2 Å². The maximum Gasteiger partial charge on any atom is 0.418 e. The summed E-state index contributed by atoms with van der Waals surface area (Å²) in [4.78, 5) is 22.9. The topological polar surface area (TPSA) is 58.1 Å². The number of halogens is 4. The molecule has 1 amide bonds. The van der Waals surface area contributed by atoms with Crippen LogP contribution >= 0.6 is 11.6 Å². The quantitative estimate of drug-likeness (QED) is 0.818. The third-order valence-corrected chi connectivity index (χ3v) is 4.59. The van der Waals surface area contributed by atoms with Crippen molar-refractivity contribution in [2.24, 2.45) is 5.92 Å². The first kappa shape index (κ1) is 19.4. The Morgan fingerprint density at radius 2 is 2.11 bits per heavy atom. The number of aromatic nitrogens is 2. The molecule has 0 radical (unpaired) electrons. The average molecular weight is 399 g/mol. The zero-order chi connectivity index (χ0) is 19.6. The lowest BCUT2D eigenvalue weighted by molar-refractivity contribution is -0.136. The van der Waals surface area contributed by atoms with Gasteiger partial charge in [-0.1, -0.05) is 18.5 Å². The molecule has 1 aromatic heterocycles. The number of carbonyl (C=O) groups excluding carboxylic acids is 1. The molecule has 5 nitrogen and oxygen atoms in total. The van der Waals surface area contributed by atoms with Gasteiger partial charge in [-0.2, -0.15) is 13.2 Å². The Kier molecular flexibility index (Phi) is 5.55. The Hall–Kier alpha value is -2.35. The zero-order valence-electron chi connectivity index (χ0n) is 14.6. The Morgan fingerprint density at radius 1 is 1.33 bits per heavy atom. The van der Waals surface area contributed by atoms with Crippen molar-refractivity contribution in [1.82, 2.24) is 9.97 Å². The Morgan fingerprint density at radius 3 is 2.81 bits per heavy atom. The molecular weight excluding hydrogens is 381 g/mol. The van der Waals surface area contributed by atoms with E-state index in [0.717, 1.165) is 38.1 Å². The van der Waals surface area contributed by atoms with E-state index in [1.54, 1.807) is 0 Å². The number of rotatable bonds is 3. The van der Waals surface area contributed by atoms with Gasteiger partial charge < -0.3 is 10.2 Å². The van der Waals surface area contributed by atoms with E-state index in [1.165, 1.54) is 18.3 Å². The molecule has 1 aromatic carbocycles. The van der Waals surface area contributed by atoms with Gasteiger partial charge in [0.15, 0.2) is 0 Å². The van der Waals surface area contributed by atoms with Crippen LogP contribution in [0.15, 0.2) is 30.5 Å². The third-order valence-electron chi connectivity index (χ3n) is 4.35. The van der Waals surface area contributed by atoms with Crippen LogP contribution in [-0.4, -0.2) is 29.0 Å². The number of nitrogens with zero attached hydrogens (tertiary/aromatic N) is 3. The number of alkyl halides is 3. The van der Waals surface area contributed by atoms with Crippen LogP contribution in [0.4, 0.5) is 24.8 Å². The summed E-state index contributed by atoms with van der Waals surface area (Å²) in [5.74, 6) is 0.154. The predicted octanol–water partition coefficient (Wildman–Crippen LogP) is 4.64. The van der Waals surface area contributed by atoms with Gasteiger partial charge >= 0.3 is 6.18 Å². The summed E-state index contributed by atoms with van der Waals surface area (Å²) in [7, 11) is 0. The molecule has 0 spiro atoms. The van der Waals surface area contributed by atoms with Crippen molar-refractivity contribution >= 4 is 29.1 Å². The van der Waals surface area contributed by atoms with Gasteiger partial charge in [-0.05, 0) is 43.0 Å². The van der Waals surface area contributed by atoms with Crippen molar-refractivity contribution in [3.05, 3.63) is 46.7 Å². The molecule has 0 aliphatic carbocycles. The van der Waals surface area contributed by atoms with Crippen molar-refractivity contribution in [3.8, 4) is 0 Å². The first-order chi connectivity index (χ1) is 12.7. The second-order valence-corrected chi connectivity index (χ2v) is 7.01. The molecule has 0 bridgehead atoms. The van der Waals surface area contributed by atoms with Crippen LogP contribution in [0.25, 0.3) is 0 Å². The number of benzene rings is 1. The predicted molar refractivity (Wildman–Crippen MR) is 97.1 cm³/mol. The highest BCUT2D eigenvalue weighted by atomic mass is 35.5. The minimum absolute atomic E-state index is 0.00120. The fourth-order valence-electron chi connectivity index (χ4n) is 3.04. The molecule has 144 valence electrons. The first-order valence-corrected chi connectivity index (χ1v) is 8.88. The van der Waals surface area contributed by atoms with E-state index < -0.39 is 17.6 Å². The Balaban J connectivity index is 1.82. The van der Waals surface area contributed by atoms with Gasteiger partial charge in [-0.25, -0.2) is 9.97 Å². The van der Waals surface area contributed by atoms with Gasteiger partial charge in [0.1, 0.15) is 5.69 Å². The average Bonchev–Trinajstić information content (AvgIpc) is 2.62. The van der Waals surface area contributed by atoms with Crippen molar-refractivity contribution in [3.63, 3.8) is 0 Å². The van der Waals surface area contributed by atoms with E-state index in [4.69, 9.17) is 11.6 Å². The summed E-state index contributed by atoms with van der Waals surface area (Å²) >= 11 is 5.66. The van der Waals surface area contributed by atoms with Gasteiger partial charge in [-0.15, -0.1) is 0 Å². The number of hydrogen-bond donors (Lipinski definition) is 1. The molecule has 1 fully saturated rings. The highest BCUT2D eigenvalue weighted by molar-refractivity contribution is 6.30. The molecule has 27 heavy (non-hydrogen) atoms. The van der Waals surface area contributed by atoms with Crippen LogP contribution in [0.1, 0.15) is 35.8 Å². The van der Waals surface area contributed by atoms with Gasteiger partial charge in [0.2, 0.25) is 5.95 Å². The molecule has 9 heteroatoms. The molecule has 1 atom stereocenters. The van der Waals surface area contributed by atoms with E-state index in [9.17, 15) is 18.0 Å². The van der Waals surface area contributed by atoms with E-state index in [1.807, 2.05) is 4.90 Å². The summed E-state index contributed by atoms with van der Waals surface area (Å²) in [5.41, 5.74) is -1.38. The standard InChI is InChI=1S/C18H18ClF3N4O/c1-11-3-2-8-26(10-11)17-23-7-6-15(25-17)16(27)24-14-5-4-12(19)9-13(14)18(20,21)22/h4-7,9,11H,2-3,8,10H2,1H3,(H,24,27). The number of piperidine rings is 1. The maximum absolute atomic E-state index is 13.2. The van der Waals surface area contributed by atoms with E-state index in [0.29, 0.717) is 11.9 Å². The van der Waals surface area contributed by atoms with Crippen molar-refractivity contribution in [2.45, 2.75) is 25.9 Å². The minimum atomic E-state index is -4.64. The summed E-state index contributed by atoms with van der Waals surface area (Å²) in [5, 5.41) is 2.21. The van der Waals surface area contributed by atoms with Crippen LogP contribution < -0.4 is 10.2 Å². The molecule has 1 saturated heterocycles. The number of amides is 1. The zero-order valence-corrected chi connectivity index (χ0v) is 15.3. The molecule has 0 saturated carbocycles. The Labute approximate surface area is 159 Å². The molecule has 2 heterocycles. The van der Waals surface area contributed by atoms with Gasteiger partial charge in [0, 0.05) is 24.3 Å². The SMILES string of the molecule is CC1CCCN(c2nccc(C(=O)Nc3ccc(Cl)cc3C(F)(F)F)n2)C1. The Bertz CT molecular complexity index is 844. The van der Waals surface area contributed by atoms with Crippen molar-refractivity contribution < 1.29 is 18.0 Å². The number of nitrogens with one attached hydrogen (secondary N) is 1. The first-order valence-electron chi connectivity index (χ1n) is 8.50. The highest BCUT2D eigenvalue weighted by Gasteiger charge is 2.34. The van der Waals surface area contributed by atoms with Crippen LogP contribution in [0.2, 0.25) is 5.02 Å². The third kappa shape index (κ3) is 4.68. The second kappa shape index (κ2) is 7.72. The molecular formula is C18H18ClF3N4O. The number of carbonyl (C=O) groups is 1. The second-order valence-electron chi connectivity index (χ2n) is 6.58.